The van der Waals surface area contributed by atoms with Crippen LogP contribution in [0.15, 0.2) is 54.6 Å². The third kappa shape index (κ3) is 4.56. The highest BCUT2D eigenvalue weighted by atomic mass is 16.5. The van der Waals surface area contributed by atoms with Crippen LogP contribution in [0.1, 0.15) is 22.5 Å². The average molecular weight is 363 g/mol. The Labute approximate surface area is 160 Å². The molecule has 1 N–H and O–H groups in total. The minimum absolute atomic E-state index is 0.0833. The van der Waals surface area contributed by atoms with Crippen molar-refractivity contribution in [2.45, 2.75) is 13.3 Å². The summed E-state index contributed by atoms with van der Waals surface area (Å²) in [4.78, 5) is 19.3. The summed E-state index contributed by atoms with van der Waals surface area (Å²) >= 11 is 0. The lowest BCUT2D eigenvalue weighted by atomic mass is 10.1. The van der Waals surface area contributed by atoms with Crippen molar-refractivity contribution >= 4 is 22.5 Å². The summed E-state index contributed by atoms with van der Waals surface area (Å²) in [5, 5.41) is 3.93. The van der Waals surface area contributed by atoms with E-state index in [1.807, 2.05) is 49.4 Å². The Morgan fingerprint density at radius 3 is 2.67 bits per heavy atom. The third-order valence-electron chi connectivity index (χ3n) is 4.61. The zero-order chi connectivity index (χ0) is 19.2. The van der Waals surface area contributed by atoms with Gasteiger partial charge in [0.2, 0.25) is 0 Å². The Bertz CT molecular complexity index is 925. The molecule has 5 heteroatoms. The number of rotatable bonds is 7. The minimum Gasteiger partial charge on any atom is -0.497 e. The number of anilines is 1. The van der Waals surface area contributed by atoms with Crippen molar-refractivity contribution < 1.29 is 9.53 Å². The number of ether oxygens (including phenoxy) is 1. The van der Waals surface area contributed by atoms with E-state index in [9.17, 15) is 4.79 Å². The van der Waals surface area contributed by atoms with Crippen molar-refractivity contribution in [3.8, 4) is 5.75 Å². The quantitative estimate of drug-likeness (QED) is 0.649. The van der Waals surface area contributed by atoms with Gasteiger partial charge >= 0.3 is 0 Å². The highest BCUT2D eigenvalue weighted by molar-refractivity contribution is 5.98. The second kappa shape index (κ2) is 8.54. The van der Waals surface area contributed by atoms with Crippen LogP contribution in [0.4, 0.5) is 5.69 Å². The minimum atomic E-state index is -0.0833. The van der Waals surface area contributed by atoms with Crippen LogP contribution in [0.3, 0.4) is 0 Å². The monoisotopic (exact) mass is 363 g/mol. The van der Waals surface area contributed by atoms with E-state index in [1.54, 1.807) is 7.11 Å². The topological polar surface area (TPSA) is 54.5 Å². The molecule has 27 heavy (non-hydrogen) atoms. The molecule has 0 unspecified atom stereocenters. The van der Waals surface area contributed by atoms with E-state index in [-0.39, 0.29) is 5.91 Å². The van der Waals surface area contributed by atoms with E-state index in [2.05, 4.69) is 34.4 Å². The molecule has 0 fully saturated rings. The maximum Gasteiger partial charge on any atom is 0.253 e. The second-order valence-corrected chi connectivity index (χ2v) is 6.55. The van der Waals surface area contributed by atoms with E-state index >= 15 is 0 Å². The van der Waals surface area contributed by atoms with Crippen LogP contribution in [-0.2, 0) is 0 Å². The lowest BCUT2D eigenvalue weighted by molar-refractivity contribution is 0.0952. The smallest absolute Gasteiger partial charge is 0.253 e. The van der Waals surface area contributed by atoms with E-state index in [1.165, 1.54) is 5.69 Å². The van der Waals surface area contributed by atoms with E-state index < -0.39 is 0 Å². The number of amides is 1. The molecule has 2 aromatic carbocycles. The molecule has 1 heterocycles. The highest BCUT2D eigenvalue weighted by Crippen LogP contribution is 2.21. The molecule has 5 nitrogen and oxygen atoms in total. The first-order valence-corrected chi connectivity index (χ1v) is 9.08. The summed E-state index contributed by atoms with van der Waals surface area (Å²) in [5.41, 5.74) is 3.33. The van der Waals surface area contributed by atoms with Crippen LogP contribution in [0.5, 0.6) is 5.75 Å². The van der Waals surface area contributed by atoms with Gasteiger partial charge in [-0.3, -0.25) is 9.78 Å². The van der Waals surface area contributed by atoms with Crippen LogP contribution < -0.4 is 15.0 Å². The van der Waals surface area contributed by atoms with Crippen LogP contribution in [0.2, 0.25) is 0 Å². The summed E-state index contributed by atoms with van der Waals surface area (Å²) < 4.78 is 5.23. The zero-order valence-electron chi connectivity index (χ0n) is 16.0. The third-order valence-corrected chi connectivity index (χ3v) is 4.61. The fourth-order valence-electron chi connectivity index (χ4n) is 3.02. The number of benzene rings is 2. The molecule has 3 rings (SSSR count). The van der Waals surface area contributed by atoms with Gasteiger partial charge in [0.1, 0.15) is 5.75 Å². The van der Waals surface area contributed by atoms with Gasteiger partial charge in [0.05, 0.1) is 23.9 Å². The van der Waals surface area contributed by atoms with Gasteiger partial charge in [-0.2, -0.15) is 0 Å². The normalized spacial score (nSPS) is 10.6. The lowest BCUT2D eigenvalue weighted by Gasteiger charge is -2.19. The number of carbonyl (C=O) groups is 1. The molecule has 0 atom stereocenters. The summed E-state index contributed by atoms with van der Waals surface area (Å²) in [6, 6.07) is 17.8. The van der Waals surface area contributed by atoms with Crippen molar-refractivity contribution in [3.05, 3.63) is 65.9 Å². The molecular weight excluding hydrogens is 338 g/mol. The number of fused-ring (bicyclic) bond motifs is 1. The van der Waals surface area contributed by atoms with E-state index in [0.717, 1.165) is 35.3 Å². The Balaban J connectivity index is 1.58. The van der Waals surface area contributed by atoms with Crippen molar-refractivity contribution in [2.24, 2.45) is 0 Å². The van der Waals surface area contributed by atoms with Gasteiger partial charge < -0.3 is 15.0 Å². The number of aryl methyl sites for hydroxylation is 1. The molecule has 0 saturated carbocycles. The predicted octanol–water partition coefficient (Wildman–Crippen LogP) is 3.81. The Morgan fingerprint density at radius 1 is 1.15 bits per heavy atom. The van der Waals surface area contributed by atoms with Crippen LogP contribution in [0, 0.1) is 6.92 Å². The van der Waals surface area contributed by atoms with Gasteiger partial charge in [0.15, 0.2) is 0 Å². The van der Waals surface area contributed by atoms with Gasteiger partial charge in [-0.1, -0.05) is 18.2 Å². The number of pyridine rings is 1. The van der Waals surface area contributed by atoms with Gasteiger partial charge in [-0.15, -0.1) is 0 Å². The van der Waals surface area contributed by atoms with Crippen LogP contribution in [0.25, 0.3) is 10.9 Å². The number of hydrogen-bond donors (Lipinski definition) is 1. The maximum atomic E-state index is 12.6. The fourth-order valence-corrected chi connectivity index (χ4v) is 3.02. The number of aromatic nitrogens is 1. The number of hydrogen-bond acceptors (Lipinski definition) is 4. The van der Waals surface area contributed by atoms with Crippen molar-refractivity contribution in [2.75, 3.05) is 32.1 Å². The Kier molecular flexibility index (Phi) is 5.91. The van der Waals surface area contributed by atoms with Gasteiger partial charge in [0, 0.05) is 37.3 Å². The van der Waals surface area contributed by atoms with Crippen LogP contribution >= 0.6 is 0 Å². The molecule has 0 spiro atoms. The molecule has 0 aliphatic carbocycles. The Hall–Kier alpha value is -3.08. The number of carbonyl (C=O) groups excluding carboxylic acids is 1. The molecule has 1 amide bonds. The SMILES string of the molecule is COc1ccc2cc(C(=O)NCCCN(C)c3ccccc3)c(C)nc2c1. The van der Waals surface area contributed by atoms with E-state index in [4.69, 9.17) is 4.74 Å². The predicted molar refractivity (Wildman–Crippen MR) is 110 cm³/mol. The molecule has 0 saturated heterocycles. The average Bonchev–Trinajstić information content (AvgIpc) is 2.70. The van der Waals surface area contributed by atoms with Crippen molar-refractivity contribution in [1.29, 1.82) is 0 Å². The molecule has 140 valence electrons. The molecule has 0 aliphatic rings. The van der Waals surface area contributed by atoms with E-state index in [0.29, 0.717) is 12.1 Å². The summed E-state index contributed by atoms with van der Waals surface area (Å²) in [6.07, 6.45) is 0.869. The van der Waals surface area contributed by atoms with Gasteiger partial charge in [0.25, 0.3) is 5.91 Å². The molecule has 1 aromatic heterocycles. The first-order valence-electron chi connectivity index (χ1n) is 9.08. The number of para-hydroxylation sites is 1. The Morgan fingerprint density at radius 2 is 1.93 bits per heavy atom. The standard InChI is InChI=1S/C22H25N3O2/c1-16-20(14-17-10-11-19(27-3)15-21(17)24-16)22(26)23-12-7-13-25(2)18-8-5-4-6-9-18/h4-6,8-11,14-15H,7,12-13H2,1-3H3,(H,23,26). The number of methoxy groups -OCH3 is 1. The fraction of sp³-hybridized carbons (Fsp3) is 0.273. The number of nitrogens with zero attached hydrogens (tertiary/aromatic N) is 2. The second-order valence-electron chi connectivity index (χ2n) is 6.55. The molecule has 0 radical (unpaired) electrons. The summed E-state index contributed by atoms with van der Waals surface area (Å²) in [6.45, 7) is 3.35. The van der Waals surface area contributed by atoms with Crippen LogP contribution in [-0.4, -0.2) is 38.1 Å². The molecular formula is C22H25N3O2. The zero-order valence-corrected chi connectivity index (χ0v) is 16.0. The molecule has 0 bridgehead atoms. The van der Waals surface area contributed by atoms with Crippen molar-refractivity contribution in [3.63, 3.8) is 0 Å². The lowest BCUT2D eigenvalue weighted by Crippen LogP contribution is -2.28. The van der Waals surface area contributed by atoms with Gasteiger partial charge in [-0.25, -0.2) is 0 Å². The summed E-state index contributed by atoms with van der Waals surface area (Å²) in [7, 11) is 3.69. The highest BCUT2D eigenvalue weighted by Gasteiger charge is 2.12. The first-order chi connectivity index (χ1) is 13.1. The van der Waals surface area contributed by atoms with Gasteiger partial charge in [-0.05, 0) is 43.7 Å². The molecule has 3 aromatic rings. The maximum absolute atomic E-state index is 12.6. The largest absolute Gasteiger partial charge is 0.497 e. The first kappa shape index (κ1) is 18.7. The van der Waals surface area contributed by atoms with Crippen molar-refractivity contribution in [1.82, 2.24) is 10.3 Å². The summed E-state index contributed by atoms with van der Waals surface area (Å²) in [5.74, 6) is 0.675. The molecule has 0 aliphatic heterocycles. The number of nitrogens with one attached hydrogen (secondary N) is 1.